The van der Waals surface area contributed by atoms with Gasteiger partial charge in [-0.2, -0.15) is 0 Å². The summed E-state index contributed by atoms with van der Waals surface area (Å²) in [5, 5.41) is 5.66. The smallest absolute Gasteiger partial charge is 0.315 e. The van der Waals surface area contributed by atoms with Crippen molar-refractivity contribution < 1.29 is 14.3 Å². The molecule has 0 aliphatic carbocycles. The molecule has 23 heavy (non-hydrogen) atoms. The Balaban J connectivity index is 1.44. The molecule has 3 rings (SSSR count). The molecular formula is C17H21N3O3. The number of fused-ring (bicyclic) bond motifs is 1. The Bertz CT molecular complexity index is 696. The van der Waals surface area contributed by atoms with Crippen LogP contribution in [0.4, 0.5) is 4.79 Å². The van der Waals surface area contributed by atoms with Crippen molar-refractivity contribution >= 4 is 6.03 Å². The molecule has 2 heterocycles. The SMILES string of the molecule is Cc1ccc(CNC(=O)NC[C@H]2COc3ccccc3O2)n1C. The van der Waals surface area contributed by atoms with E-state index in [1.54, 1.807) is 0 Å². The lowest BCUT2D eigenvalue weighted by molar-refractivity contribution is 0.0918. The molecule has 0 fully saturated rings. The number of nitrogens with zero attached hydrogens (tertiary/aromatic N) is 1. The summed E-state index contributed by atoms with van der Waals surface area (Å²) in [6.07, 6.45) is -0.187. The van der Waals surface area contributed by atoms with Gasteiger partial charge in [0.2, 0.25) is 0 Å². The highest BCUT2D eigenvalue weighted by Gasteiger charge is 2.20. The summed E-state index contributed by atoms with van der Waals surface area (Å²) in [5.74, 6) is 1.46. The number of carbonyl (C=O) groups excluding carboxylic acids is 1. The van der Waals surface area contributed by atoms with Crippen LogP contribution in [0.15, 0.2) is 36.4 Å². The molecule has 6 heteroatoms. The number of benzene rings is 1. The Morgan fingerprint density at radius 2 is 2.00 bits per heavy atom. The average molecular weight is 315 g/mol. The van der Waals surface area contributed by atoms with E-state index in [-0.39, 0.29) is 12.1 Å². The highest BCUT2D eigenvalue weighted by atomic mass is 16.6. The predicted molar refractivity (Wildman–Crippen MR) is 86.7 cm³/mol. The van der Waals surface area contributed by atoms with Crippen LogP contribution in [0, 0.1) is 6.92 Å². The molecule has 2 N–H and O–H groups in total. The molecule has 1 aromatic carbocycles. The minimum absolute atomic E-state index is 0.187. The molecule has 0 saturated carbocycles. The topological polar surface area (TPSA) is 64.5 Å². The second-order valence-electron chi connectivity index (χ2n) is 5.59. The number of nitrogens with one attached hydrogen (secondary N) is 2. The first-order valence-corrected chi connectivity index (χ1v) is 7.65. The van der Waals surface area contributed by atoms with E-state index in [1.807, 2.05) is 50.4 Å². The van der Waals surface area contributed by atoms with E-state index in [9.17, 15) is 4.79 Å². The fraction of sp³-hybridized carbons (Fsp3) is 0.353. The molecule has 1 aliphatic heterocycles. The number of ether oxygens (including phenoxy) is 2. The Hall–Kier alpha value is -2.63. The molecule has 0 saturated heterocycles. The van der Waals surface area contributed by atoms with Crippen molar-refractivity contribution in [3.05, 3.63) is 47.8 Å². The maximum Gasteiger partial charge on any atom is 0.315 e. The van der Waals surface area contributed by atoms with E-state index in [2.05, 4.69) is 15.2 Å². The number of urea groups is 1. The fourth-order valence-corrected chi connectivity index (χ4v) is 2.45. The van der Waals surface area contributed by atoms with Gasteiger partial charge >= 0.3 is 6.03 Å². The van der Waals surface area contributed by atoms with Crippen LogP contribution < -0.4 is 20.1 Å². The molecule has 2 aromatic rings. The first-order chi connectivity index (χ1) is 11.1. The minimum Gasteiger partial charge on any atom is -0.486 e. The van der Waals surface area contributed by atoms with Gasteiger partial charge in [0.1, 0.15) is 6.61 Å². The van der Waals surface area contributed by atoms with Crippen molar-refractivity contribution in [1.29, 1.82) is 0 Å². The van der Waals surface area contributed by atoms with Crippen LogP contribution in [0.3, 0.4) is 0 Å². The first kappa shape index (κ1) is 15.3. The van der Waals surface area contributed by atoms with Gasteiger partial charge in [0.05, 0.1) is 13.1 Å². The van der Waals surface area contributed by atoms with Gasteiger partial charge in [-0.15, -0.1) is 0 Å². The van der Waals surface area contributed by atoms with Crippen LogP contribution in [-0.2, 0) is 13.6 Å². The number of hydrogen-bond acceptors (Lipinski definition) is 3. The molecule has 1 aliphatic rings. The molecule has 0 unspecified atom stereocenters. The number of aromatic nitrogens is 1. The van der Waals surface area contributed by atoms with E-state index >= 15 is 0 Å². The van der Waals surface area contributed by atoms with Crippen molar-refractivity contribution in [3.8, 4) is 11.5 Å². The molecular weight excluding hydrogens is 294 g/mol. The highest BCUT2D eigenvalue weighted by molar-refractivity contribution is 5.73. The number of hydrogen-bond donors (Lipinski definition) is 2. The summed E-state index contributed by atoms with van der Waals surface area (Å²) in [6.45, 7) is 3.34. The lowest BCUT2D eigenvalue weighted by Crippen LogP contribution is -2.44. The van der Waals surface area contributed by atoms with Gasteiger partial charge in [0.25, 0.3) is 0 Å². The quantitative estimate of drug-likeness (QED) is 0.907. The summed E-state index contributed by atoms with van der Waals surface area (Å²) in [6, 6.07) is 11.3. The van der Waals surface area contributed by atoms with E-state index in [0.717, 1.165) is 17.1 Å². The highest BCUT2D eigenvalue weighted by Crippen LogP contribution is 2.30. The summed E-state index contributed by atoms with van der Waals surface area (Å²) in [7, 11) is 1.98. The van der Waals surface area contributed by atoms with Crippen LogP contribution in [-0.4, -0.2) is 29.9 Å². The van der Waals surface area contributed by atoms with E-state index in [0.29, 0.717) is 25.4 Å². The van der Waals surface area contributed by atoms with Crippen LogP contribution >= 0.6 is 0 Å². The van der Waals surface area contributed by atoms with Crippen LogP contribution in [0.5, 0.6) is 11.5 Å². The van der Waals surface area contributed by atoms with Crippen molar-refractivity contribution in [2.45, 2.75) is 19.6 Å². The molecule has 2 amide bonds. The Morgan fingerprint density at radius 3 is 2.74 bits per heavy atom. The summed E-state index contributed by atoms with van der Waals surface area (Å²) < 4.78 is 13.5. The monoisotopic (exact) mass is 315 g/mol. The van der Waals surface area contributed by atoms with E-state index < -0.39 is 0 Å². The molecule has 122 valence electrons. The third-order valence-electron chi connectivity index (χ3n) is 3.96. The van der Waals surface area contributed by atoms with E-state index in [4.69, 9.17) is 9.47 Å². The second-order valence-corrected chi connectivity index (χ2v) is 5.59. The number of rotatable bonds is 4. The van der Waals surface area contributed by atoms with Crippen LogP contribution in [0.25, 0.3) is 0 Å². The summed E-state index contributed by atoms with van der Waals surface area (Å²) in [4.78, 5) is 11.9. The molecule has 1 aromatic heterocycles. The summed E-state index contributed by atoms with van der Waals surface area (Å²) >= 11 is 0. The van der Waals surface area contributed by atoms with Crippen molar-refractivity contribution in [3.63, 3.8) is 0 Å². The molecule has 0 spiro atoms. The van der Waals surface area contributed by atoms with Crippen LogP contribution in [0.1, 0.15) is 11.4 Å². The van der Waals surface area contributed by atoms with Crippen molar-refractivity contribution in [2.24, 2.45) is 7.05 Å². The number of amides is 2. The standard InChI is InChI=1S/C17H21N3O3/c1-12-7-8-13(20(12)2)9-18-17(21)19-10-14-11-22-15-5-3-4-6-16(15)23-14/h3-8,14H,9-11H2,1-2H3,(H2,18,19,21)/t14-/m0/s1. The average Bonchev–Trinajstić information content (AvgIpc) is 2.89. The zero-order chi connectivity index (χ0) is 16.2. The van der Waals surface area contributed by atoms with E-state index in [1.165, 1.54) is 0 Å². The van der Waals surface area contributed by atoms with Gasteiger partial charge in [-0.3, -0.25) is 0 Å². The maximum atomic E-state index is 11.9. The molecule has 0 bridgehead atoms. The van der Waals surface area contributed by atoms with Gasteiger partial charge in [-0.1, -0.05) is 12.1 Å². The maximum absolute atomic E-state index is 11.9. The fourth-order valence-electron chi connectivity index (χ4n) is 2.45. The van der Waals surface area contributed by atoms with Gasteiger partial charge in [0, 0.05) is 18.4 Å². The second kappa shape index (κ2) is 6.64. The minimum atomic E-state index is -0.216. The van der Waals surface area contributed by atoms with Crippen molar-refractivity contribution in [2.75, 3.05) is 13.2 Å². The zero-order valence-corrected chi connectivity index (χ0v) is 13.3. The molecule has 0 radical (unpaired) electrons. The third-order valence-corrected chi connectivity index (χ3v) is 3.96. The normalized spacial score (nSPS) is 16.0. The van der Waals surface area contributed by atoms with Gasteiger partial charge in [-0.05, 0) is 31.2 Å². The third kappa shape index (κ3) is 3.59. The number of aryl methyl sites for hydroxylation is 1. The lowest BCUT2D eigenvalue weighted by atomic mass is 10.2. The van der Waals surface area contributed by atoms with Gasteiger partial charge < -0.3 is 24.7 Å². The zero-order valence-electron chi connectivity index (χ0n) is 13.3. The van der Waals surface area contributed by atoms with Gasteiger partial charge in [0.15, 0.2) is 17.6 Å². The van der Waals surface area contributed by atoms with Crippen LogP contribution in [0.2, 0.25) is 0 Å². The summed E-state index contributed by atoms with van der Waals surface area (Å²) in [5.41, 5.74) is 2.22. The molecule has 1 atom stereocenters. The Kier molecular flexibility index (Phi) is 4.41. The number of para-hydroxylation sites is 2. The largest absolute Gasteiger partial charge is 0.486 e. The number of carbonyl (C=O) groups is 1. The molecule has 6 nitrogen and oxygen atoms in total. The first-order valence-electron chi connectivity index (χ1n) is 7.65. The lowest BCUT2D eigenvalue weighted by Gasteiger charge is -2.26. The Morgan fingerprint density at radius 1 is 1.22 bits per heavy atom. The Labute approximate surface area is 135 Å². The van der Waals surface area contributed by atoms with Crippen molar-refractivity contribution in [1.82, 2.24) is 15.2 Å². The predicted octanol–water partition coefficient (Wildman–Crippen LogP) is 1.97. The van der Waals surface area contributed by atoms with Gasteiger partial charge in [-0.25, -0.2) is 4.79 Å².